The van der Waals surface area contributed by atoms with Gasteiger partial charge in [0.1, 0.15) is 17.2 Å². The minimum atomic E-state index is -0.561. The van der Waals surface area contributed by atoms with E-state index >= 15 is 0 Å². The molecular formula is C19H18N6O2S. The molecule has 0 aliphatic heterocycles. The van der Waals surface area contributed by atoms with Crippen LogP contribution in [0.25, 0.3) is 10.2 Å². The fourth-order valence-electron chi connectivity index (χ4n) is 2.69. The van der Waals surface area contributed by atoms with Gasteiger partial charge >= 0.3 is 0 Å². The summed E-state index contributed by atoms with van der Waals surface area (Å²) in [5, 5.41) is 9.11. The van der Waals surface area contributed by atoms with Gasteiger partial charge in [-0.25, -0.2) is 9.97 Å². The van der Waals surface area contributed by atoms with Crippen LogP contribution in [-0.2, 0) is 0 Å². The minimum Gasteiger partial charge on any atom is -0.375 e. The van der Waals surface area contributed by atoms with Crippen molar-refractivity contribution in [2.24, 2.45) is 0 Å². The van der Waals surface area contributed by atoms with Gasteiger partial charge in [-0.1, -0.05) is 0 Å². The quantitative estimate of drug-likeness (QED) is 0.442. The molecule has 0 fully saturated rings. The molecule has 2 aromatic carbocycles. The van der Waals surface area contributed by atoms with Gasteiger partial charge in [0.25, 0.3) is 10.9 Å². The van der Waals surface area contributed by atoms with Gasteiger partial charge in [0.2, 0.25) is 5.95 Å². The highest BCUT2D eigenvalue weighted by Crippen LogP contribution is 2.25. The largest absolute Gasteiger partial charge is 0.375 e. The predicted molar refractivity (Wildman–Crippen MR) is 113 cm³/mol. The van der Waals surface area contributed by atoms with Crippen LogP contribution in [0.15, 0.2) is 45.6 Å². The van der Waals surface area contributed by atoms with Crippen molar-refractivity contribution in [3.8, 4) is 0 Å². The smallest absolute Gasteiger partial charge is 0.253 e. The highest BCUT2D eigenvalue weighted by Gasteiger charge is 2.25. The average molecular weight is 394 g/mol. The number of nitrogens with zero attached hydrogens (tertiary/aromatic N) is 3. The third-order valence-corrected chi connectivity index (χ3v) is 4.72. The van der Waals surface area contributed by atoms with E-state index in [1.165, 1.54) is 0 Å². The molecular weight excluding hydrogens is 376 g/mol. The number of thiazole rings is 1. The number of hydrogen-bond donors (Lipinski definition) is 3. The van der Waals surface area contributed by atoms with E-state index in [2.05, 4.69) is 30.9 Å². The second kappa shape index (κ2) is 6.68. The zero-order chi connectivity index (χ0) is 19.9. The number of hydrogen-bond acceptors (Lipinski definition) is 9. The number of benzene rings is 1. The first-order valence-corrected chi connectivity index (χ1v) is 9.50. The Balaban J connectivity index is 1.55. The summed E-state index contributed by atoms with van der Waals surface area (Å²) in [6, 6.07) is 7.45. The maximum Gasteiger partial charge on any atom is 0.253 e. The number of fused-ring (bicyclic) bond motifs is 1. The molecule has 28 heavy (non-hydrogen) atoms. The summed E-state index contributed by atoms with van der Waals surface area (Å²) in [5.41, 5.74) is 2.56. The minimum absolute atomic E-state index is 0.216. The molecule has 9 heteroatoms. The SMILES string of the molecule is CC(C)(C)Nc1c(Nc2ccnc(Nc3ccc4scnc4c3)n2)c(=O)c1=O. The van der Waals surface area contributed by atoms with Gasteiger partial charge in [-0.3, -0.25) is 9.59 Å². The Morgan fingerprint density at radius 1 is 0.964 bits per heavy atom. The summed E-state index contributed by atoms with van der Waals surface area (Å²) >= 11 is 1.57. The summed E-state index contributed by atoms with van der Waals surface area (Å²) in [7, 11) is 0. The normalized spacial score (nSPS) is 11.7. The van der Waals surface area contributed by atoms with E-state index in [9.17, 15) is 9.59 Å². The first kappa shape index (κ1) is 18.1. The number of nitrogens with one attached hydrogen (secondary N) is 3. The van der Waals surface area contributed by atoms with Gasteiger partial charge in [0.15, 0.2) is 0 Å². The van der Waals surface area contributed by atoms with E-state index in [1.54, 1.807) is 29.1 Å². The van der Waals surface area contributed by atoms with E-state index in [1.807, 2.05) is 39.0 Å². The molecule has 8 nitrogen and oxygen atoms in total. The summed E-state index contributed by atoms with van der Waals surface area (Å²) in [6.07, 6.45) is 1.57. The molecule has 0 bridgehead atoms. The Morgan fingerprint density at radius 3 is 2.54 bits per heavy atom. The summed E-state index contributed by atoms with van der Waals surface area (Å²) < 4.78 is 1.10. The zero-order valence-corrected chi connectivity index (χ0v) is 16.3. The van der Waals surface area contributed by atoms with E-state index in [0.717, 1.165) is 15.9 Å². The molecule has 4 rings (SSSR count). The van der Waals surface area contributed by atoms with Crippen molar-refractivity contribution in [3.63, 3.8) is 0 Å². The maximum absolute atomic E-state index is 12.0. The number of aromatic nitrogens is 3. The fourth-order valence-corrected chi connectivity index (χ4v) is 3.35. The summed E-state index contributed by atoms with van der Waals surface area (Å²) in [4.78, 5) is 36.7. The van der Waals surface area contributed by atoms with Crippen LogP contribution in [-0.4, -0.2) is 20.5 Å². The number of rotatable bonds is 5. The van der Waals surface area contributed by atoms with Gasteiger partial charge in [0, 0.05) is 17.4 Å². The molecule has 3 N–H and O–H groups in total. The summed E-state index contributed by atoms with van der Waals surface area (Å²) in [5.74, 6) is 0.778. The first-order valence-electron chi connectivity index (χ1n) is 8.62. The van der Waals surface area contributed by atoms with E-state index in [4.69, 9.17) is 0 Å². The van der Waals surface area contributed by atoms with Crippen LogP contribution in [0.3, 0.4) is 0 Å². The van der Waals surface area contributed by atoms with Gasteiger partial charge in [-0.2, -0.15) is 4.98 Å². The molecule has 4 aromatic rings. The van der Waals surface area contributed by atoms with Crippen LogP contribution in [0.2, 0.25) is 0 Å². The Morgan fingerprint density at radius 2 is 1.75 bits per heavy atom. The average Bonchev–Trinajstić information content (AvgIpc) is 3.11. The Hall–Kier alpha value is -3.33. The second-order valence-electron chi connectivity index (χ2n) is 7.33. The monoisotopic (exact) mass is 394 g/mol. The lowest BCUT2D eigenvalue weighted by molar-refractivity contribution is 0.632. The standard InChI is InChI=1S/C19H18N6O2S/c1-19(2,3)25-15-14(16(26)17(15)27)23-13-6-7-20-18(24-13)22-10-4-5-12-11(8-10)21-9-28-12/h4-9,25H,1-3H3,(H2,20,22,23,24). The highest BCUT2D eigenvalue weighted by molar-refractivity contribution is 7.16. The summed E-state index contributed by atoms with van der Waals surface area (Å²) in [6.45, 7) is 5.75. The third-order valence-electron chi connectivity index (χ3n) is 3.91. The van der Waals surface area contributed by atoms with Crippen molar-refractivity contribution in [2.45, 2.75) is 26.3 Å². The molecule has 142 valence electrons. The van der Waals surface area contributed by atoms with Crippen molar-refractivity contribution < 1.29 is 0 Å². The third kappa shape index (κ3) is 3.56. The highest BCUT2D eigenvalue weighted by atomic mass is 32.1. The predicted octanol–water partition coefficient (Wildman–Crippen LogP) is 3.38. The van der Waals surface area contributed by atoms with E-state index < -0.39 is 10.9 Å². The van der Waals surface area contributed by atoms with Crippen LogP contribution in [0.4, 0.5) is 28.8 Å². The van der Waals surface area contributed by atoms with Crippen molar-refractivity contribution in [3.05, 3.63) is 56.4 Å². The van der Waals surface area contributed by atoms with Crippen molar-refractivity contribution in [1.82, 2.24) is 15.0 Å². The van der Waals surface area contributed by atoms with Gasteiger partial charge in [0.05, 0.1) is 15.7 Å². The van der Waals surface area contributed by atoms with Crippen LogP contribution in [0.1, 0.15) is 20.8 Å². The molecule has 0 aliphatic rings. The molecule has 0 atom stereocenters. The van der Waals surface area contributed by atoms with E-state index in [-0.39, 0.29) is 16.9 Å². The molecule has 0 saturated heterocycles. The van der Waals surface area contributed by atoms with Crippen LogP contribution >= 0.6 is 11.3 Å². The van der Waals surface area contributed by atoms with Gasteiger partial charge in [-0.15, -0.1) is 11.3 Å². The zero-order valence-electron chi connectivity index (χ0n) is 15.5. The lowest BCUT2D eigenvalue weighted by Gasteiger charge is -2.24. The lowest BCUT2D eigenvalue weighted by Crippen LogP contribution is -2.41. The maximum atomic E-state index is 12.0. The van der Waals surface area contributed by atoms with Crippen LogP contribution in [0, 0.1) is 0 Å². The molecule has 0 unspecified atom stereocenters. The van der Waals surface area contributed by atoms with E-state index in [0.29, 0.717) is 11.8 Å². The topological polar surface area (TPSA) is 109 Å². The Labute approximate surface area is 164 Å². The number of anilines is 5. The first-order chi connectivity index (χ1) is 13.3. The van der Waals surface area contributed by atoms with Crippen LogP contribution < -0.4 is 26.8 Å². The van der Waals surface area contributed by atoms with Crippen LogP contribution in [0.5, 0.6) is 0 Å². The Kier molecular flexibility index (Phi) is 4.31. The van der Waals surface area contributed by atoms with Crippen molar-refractivity contribution in [1.29, 1.82) is 0 Å². The Bertz CT molecular complexity index is 1230. The lowest BCUT2D eigenvalue weighted by atomic mass is 10.1. The fraction of sp³-hybridized carbons (Fsp3) is 0.211. The van der Waals surface area contributed by atoms with Crippen molar-refractivity contribution in [2.75, 3.05) is 16.0 Å². The van der Waals surface area contributed by atoms with Gasteiger partial charge < -0.3 is 16.0 Å². The molecule has 0 spiro atoms. The van der Waals surface area contributed by atoms with Gasteiger partial charge in [-0.05, 0) is 45.0 Å². The molecule has 0 saturated carbocycles. The molecule has 2 aromatic heterocycles. The molecule has 0 aliphatic carbocycles. The second-order valence-corrected chi connectivity index (χ2v) is 8.22. The molecule has 0 radical (unpaired) electrons. The van der Waals surface area contributed by atoms with Crippen molar-refractivity contribution >= 4 is 50.4 Å². The molecule has 0 amide bonds. The molecule has 2 heterocycles.